The third kappa shape index (κ3) is 1.65. The minimum Gasteiger partial charge on any atom is -0.478 e. The Morgan fingerprint density at radius 1 is 1.37 bits per heavy atom. The van der Waals surface area contributed by atoms with Gasteiger partial charge >= 0.3 is 5.97 Å². The fourth-order valence-corrected chi connectivity index (χ4v) is 1.93. The van der Waals surface area contributed by atoms with Gasteiger partial charge < -0.3 is 9.67 Å². The van der Waals surface area contributed by atoms with Gasteiger partial charge in [-0.2, -0.15) is 0 Å². The minimum atomic E-state index is -1.03. The number of aromatic nitrogens is 6. The minimum absolute atomic E-state index is 0.121. The zero-order valence-corrected chi connectivity index (χ0v) is 10.3. The Kier molecular flexibility index (Phi) is 2.31. The molecule has 0 aliphatic rings. The van der Waals surface area contributed by atoms with Gasteiger partial charge in [0.2, 0.25) is 0 Å². The van der Waals surface area contributed by atoms with Crippen molar-refractivity contribution in [1.29, 1.82) is 0 Å². The molecule has 3 heterocycles. The van der Waals surface area contributed by atoms with Gasteiger partial charge in [-0.25, -0.2) is 14.8 Å². The van der Waals surface area contributed by atoms with Crippen LogP contribution in [0.2, 0.25) is 0 Å². The number of carboxylic acids is 1. The summed E-state index contributed by atoms with van der Waals surface area (Å²) in [6.07, 6.45) is 3.16. The topological polar surface area (TPSA) is 98.7 Å². The van der Waals surface area contributed by atoms with Crippen LogP contribution < -0.4 is 0 Å². The maximum Gasteiger partial charge on any atom is 0.338 e. The number of carbonyl (C=O) groups is 1. The highest BCUT2D eigenvalue weighted by Gasteiger charge is 2.18. The number of rotatable bonds is 2. The summed E-state index contributed by atoms with van der Waals surface area (Å²) in [7, 11) is 3.51. The van der Waals surface area contributed by atoms with E-state index in [-0.39, 0.29) is 5.56 Å². The Labute approximate surface area is 107 Å². The summed E-state index contributed by atoms with van der Waals surface area (Å²) < 4.78 is 3.26. The van der Waals surface area contributed by atoms with Gasteiger partial charge in [0.25, 0.3) is 0 Å². The molecule has 0 aromatic carbocycles. The predicted molar refractivity (Wildman–Crippen MR) is 65.5 cm³/mol. The lowest BCUT2D eigenvalue weighted by Gasteiger charge is -1.97. The molecule has 0 atom stereocenters. The van der Waals surface area contributed by atoms with Gasteiger partial charge in [0, 0.05) is 20.3 Å². The first kappa shape index (κ1) is 11.3. The van der Waals surface area contributed by atoms with Gasteiger partial charge in [-0.15, -0.1) is 5.10 Å². The summed E-state index contributed by atoms with van der Waals surface area (Å²) >= 11 is 0. The molecule has 3 aromatic heterocycles. The number of fused-ring (bicyclic) bond motifs is 1. The molecule has 0 unspecified atom stereocenters. The lowest BCUT2D eigenvalue weighted by Crippen LogP contribution is -1.98. The van der Waals surface area contributed by atoms with Crippen LogP contribution in [0.1, 0.15) is 10.4 Å². The molecule has 8 nitrogen and oxygen atoms in total. The molecule has 0 aliphatic heterocycles. The number of hydrogen-bond acceptors (Lipinski definition) is 5. The monoisotopic (exact) mass is 258 g/mol. The average molecular weight is 258 g/mol. The maximum atomic E-state index is 11.2. The lowest BCUT2D eigenvalue weighted by molar-refractivity contribution is 0.0699. The highest BCUT2D eigenvalue weighted by atomic mass is 16.4. The number of hydrogen-bond donors (Lipinski definition) is 1. The van der Waals surface area contributed by atoms with Crippen LogP contribution in [0.15, 0.2) is 18.5 Å². The van der Waals surface area contributed by atoms with Crippen molar-refractivity contribution in [2.45, 2.75) is 0 Å². The summed E-state index contributed by atoms with van der Waals surface area (Å²) in [5.74, 6) is -0.500. The van der Waals surface area contributed by atoms with Crippen molar-refractivity contribution in [2.24, 2.45) is 14.1 Å². The van der Waals surface area contributed by atoms with Gasteiger partial charge in [0.15, 0.2) is 11.5 Å². The number of imidazole rings is 1. The largest absolute Gasteiger partial charge is 0.478 e. The van der Waals surface area contributed by atoms with Crippen LogP contribution in [0, 0.1) is 0 Å². The van der Waals surface area contributed by atoms with Crippen molar-refractivity contribution in [2.75, 3.05) is 0 Å². The van der Waals surface area contributed by atoms with Gasteiger partial charge in [0.05, 0.1) is 11.8 Å². The van der Waals surface area contributed by atoms with E-state index >= 15 is 0 Å². The van der Waals surface area contributed by atoms with Crippen molar-refractivity contribution in [3.05, 3.63) is 24.0 Å². The van der Waals surface area contributed by atoms with Crippen molar-refractivity contribution in [1.82, 2.24) is 29.5 Å². The van der Waals surface area contributed by atoms with Crippen molar-refractivity contribution >= 4 is 17.1 Å². The van der Waals surface area contributed by atoms with Crippen molar-refractivity contribution < 1.29 is 9.90 Å². The van der Waals surface area contributed by atoms with Crippen LogP contribution in [-0.4, -0.2) is 40.6 Å². The quantitative estimate of drug-likeness (QED) is 0.717. The van der Waals surface area contributed by atoms with E-state index in [1.807, 2.05) is 0 Å². The Bertz CT molecular complexity index is 788. The zero-order chi connectivity index (χ0) is 13.6. The first-order valence-electron chi connectivity index (χ1n) is 5.49. The number of aromatic carboxylic acids is 1. The standard InChI is InChI=1S/C11H10N6O2/c1-16-5-7(14-15-16)9-13-8-6(11(18)19)3-4-12-10(8)17(9)2/h3-5H,1-2H3,(H,18,19). The lowest BCUT2D eigenvalue weighted by atomic mass is 10.2. The van der Waals surface area contributed by atoms with Crippen molar-refractivity contribution in [3.63, 3.8) is 0 Å². The molecule has 8 heteroatoms. The van der Waals surface area contributed by atoms with E-state index < -0.39 is 5.97 Å². The van der Waals surface area contributed by atoms with Crippen LogP contribution in [0.4, 0.5) is 0 Å². The molecule has 0 spiro atoms. The van der Waals surface area contributed by atoms with Gasteiger partial charge in [-0.05, 0) is 6.07 Å². The smallest absolute Gasteiger partial charge is 0.338 e. The molecule has 0 radical (unpaired) electrons. The number of nitrogens with zero attached hydrogens (tertiary/aromatic N) is 6. The Hall–Kier alpha value is -2.77. The number of carboxylic acid groups (broad SMARTS) is 1. The van der Waals surface area contributed by atoms with Crippen LogP contribution >= 0.6 is 0 Å². The van der Waals surface area contributed by atoms with Crippen LogP contribution in [-0.2, 0) is 14.1 Å². The van der Waals surface area contributed by atoms with Crippen LogP contribution in [0.25, 0.3) is 22.7 Å². The van der Waals surface area contributed by atoms with Gasteiger partial charge in [-0.3, -0.25) is 4.68 Å². The van der Waals surface area contributed by atoms with Crippen LogP contribution in [0.3, 0.4) is 0 Å². The molecular weight excluding hydrogens is 248 g/mol. The molecule has 1 N–H and O–H groups in total. The van der Waals surface area contributed by atoms with E-state index in [9.17, 15) is 4.79 Å². The highest BCUT2D eigenvalue weighted by molar-refractivity contribution is 6.00. The van der Waals surface area contributed by atoms with Gasteiger partial charge in [0.1, 0.15) is 11.2 Å². The first-order valence-corrected chi connectivity index (χ1v) is 5.49. The molecule has 96 valence electrons. The van der Waals surface area contributed by atoms with E-state index in [0.29, 0.717) is 22.7 Å². The molecular formula is C11H10N6O2. The average Bonchev–Trinajstić information content (AvgIpc) is 2.93. The summed E-state index contributed by atoms with van der Waals surface area (Å²) in [6.45, 7) is 0. The first-order chi connectivity index (χ1) is 9.08. The summed E-state index contributed by atoms with van der Waals surface area (Å²) in [5, 5.41) is 17.0. The molecule has 0 fully saturated rings. The van der Waals surface area contributed by atoms with Crippen LogP contribution in [0.5, 0.6) is 0 Å². The Morgan fingerprint density at radius 2 is 2.16 bits per heavy atom. The Balaban J connectivity index is 2.31. The van der Waals surface area contributed by atoms with E-state index in [4.69, 9.17) is 5.11 Å². The third-order valence-electron chi connectivity index (χ3n) is 2.82. The third-order valence-corrected chi connectivity index (χ3v) is 2.82. The fraction of sp³-hybridized carbons (Fsp3) is 0.182. The predicted octanol–water partition coefficient (Wildman–Crippen LogP) is 0.462. The summed E-state index contributed by atoms with van der Waals surface area (Å²) in [4.78, 5) is 19.6. The zero-order valence-electron chi connectivity index (χ0n) is 10.3. The molecule has 0 amide bonds. The second-order valence-corrected chi connectivity index (χ2v) is 4.11. The molecule has 0 saturated heterocycles. The molecule has 3 rings (SSSR count). The highest BCUT2D eigenvalue weighted by Crippen LogP contribution is 2.22. The molecule has 19 heavy (non-hydrogen) atoms. The normalized spacial score (nSPS) is 11.1. The van der Waals surface area contributed by atoms with E-state index in [1.165, 1.54) is 12.3 Å². The number of aryl methyl sites for hydroxylation is 2. The Morgan fingerprint density at radius 3 is 2.79 bits per heavy atom. The SMILES string of the molecule is Cn1cc(-c2nc3c(C(=O)O)ccnc3n2C)nn1. The second-order valence-electron chi connectivity index (χ2n) is 4.11. The summed E-state index contributed by atoms with van der Waals surface area (Å²) in [6, 6.07) is 1.43. The molecule has 0 saturated carbocycles. The molecule has 0 aliphatic carbocycles. The maximum absolute atomic E-state index is 11.2. The van der Waals surface area contributed by atoms with Gasteiger partial charge in [-0.1, -0.05) is 5.21 Å². The molecule has 3 aromatic rings. The molecule has 0 bridgehead atoms. The van der Waals surface area contributed by atoms with E-state index in [2.05, 4.69) is 20.3 Å². The summed E-state index contributed by atoms with van der Waals surface area (Å²) in [5.41, 5.74) is 1.54. The van der Waals surface area contributed by atoms with E-state index in [1.54, 1.807) is 29.5 Å². The fourth-order valence-electron chi connectivity index (χ4n) is 1.93. The van der Waals surface area contributed by atoms with Crippen molar-refractivity contribution in [3.8, 4) is 11.5 Å². The van der Waals surface area contributed by atoms with E-state index in [0.717, 1.165) is 0 Å². The second kappa shape index (κ2) is 3.87. The number of pyridine rings is 1.